The summed E-state index contributed by atoms with van der Waals surface area (Å²) in [7, 11) is 0. The minimum absolute atomic E-state index is 0.364. The Kier molecular flexibility index (Phi) is 4.99. The minimum Gasteiger partial charge on any atom is -0.348 e. The maximum Gasteiger partial charge on any atom is 0.311 e. The first kappa shape index (κ1) is 13.3. The molecular weight excluding hydrogens is 230 g/mol. The lowest BCUT2D eigenvalue weighted by molar-refractivity contribution is -0.145. The van der Waals surface area contributed by atoms with E-state index < -0.39 is 5.91 Å². The highest BCUT2D eigenvalue weighted by molar-refractivity contribution is 6.35. The summed E-state index contributed by atoms with van der Waals surface area (Å²) in [5.41, 5.74) is 0. The van der Waals surface area contributed by atoms with E-state index in [1.165, 1.54) is 25.7 Å². The Morgan fingerprint density at radius 3 is 2.67 bits per heavy atom. The maximum atomic E-state index is 11.9. The topological polar surface area (TPSA) is 61.4 Å². The molecule has 0 aromatic heterocycles. The van der Waals surface area contributed by atoms with Crippen LogP contribution in [-0.4, -0.2) is 49.4 Å². The van der Waals surface area contributed by atoms with Gasteiger partial charge >= 0.3 is 11.8 Å². The van der Waals surface area contributed by atoms with Crippen LogP contribution in [0.25, 0.3) is 0 Å². The molecule has 2 rings (SSSR count). The predicted octanol–water partition coefficient (Wildman–Crippen LogP) is 0.115. The highest BCUT2D eigenvalue weighted by atomic mass is 16.2. The van der Waals surface area contributed by atoms with Crippen LogP contribution in [0.3, 0.4) is 0 Å². The third-order valence-electron chi connectivity index (χ3n) is 3.85. The third-order valence-corrected chi connectivity index (χ3v) is 3.85. The van der Waals surface area contributed by atoms with E-state index in [1.54, 1.807) is 4.90 Å². The molecule has 2 N–H and O–H groups in total. The lowest BCUT2D eigenvalue weighted by Crippen LogP contribution is -2.45. The molecule has 0 spiro atoms. The second-order valence-electron chi connectivity index (χ2n) is 5.26. The van der Waals surface area contributed by atoms with E-state index in [4.69, 9.17) is 0 Å². The molecule has 2 fully saturated rings. The van der Waals surface area contributed by atoms with Crippen LogP contribution < -0.4 is 10.6 Å². The van der Waals surface area contributed by atoms with Crippen molar-refractivity contribution in [2.45, 2.75) is 32.1 Å². The zero-order chi connectivity index (χ0) is 12.8. The van der Waals surface area contributed by atoms with Crippen LogP contribution in [0, 0.1) is 5.92 Å². The Labute approximate surface area is 108 Å². The molecule has 102 valence electrons. The van der Waals surface area contributed by atoms with Crippen LogP contribution in [0.1, 0.15) is 32.1 Å². The van der Waals surface area contributed by atoms with Crippen LogP contribution >= 0.6 is 0 Å². The normalized spacial score (nSPS) is 21.7. The number of nitrogens with one attached hydrogen (secondary N) is 2. The number of hydrogen-bond donors (Lipinski definition) is 2. The third kappa shape index (κ3) is 3.70. The molecule has 2 aliphatic rings. The summed E-state index contributed by atoms with van der Waals surface area (Å²) in [6, 6.07) is 0. The summed E-state index contributed by atoms with van der Waals surface area (Å²) < 4.78 is 0. The second-order valence-corrected chi connectivity index (χ2v) is 5.26. The summed E-state index contributed by atoms with van der Waals surface area (Å²) in [6.45, 7) is 3.68. The van der Waals surface area contributed by atoms with Crippen molar-refractivity contribution >= 4 is 11.8 Å². The summed E-state index contributed by atoms with van der Waals surface area (Å²) >= 11 is 0. The van der Waals surface area contributed by atoms with Gasteiger partial charge in [0.25, 0.3) is 0 Å². The van der Waals surface area contributed by atoms with Gasteiger partial charge in [-0.15, -0.1) is 0 Å². The molecular formula is C13H23N3O2. The highest BCUT2D eigenvalue weighted by Gasteiger charge is 2.23. The molecule has 0 radical (unpaired) electrons. The maximum absolute atomic E-state index is 11.9. The molecule has 0 aromatic rings. The van der Waals surface area contributed by atoms with Crippen LogP contribution in [0.5, 0.6) is 0 Å². The van der Waals surface area contributed by atoms with Gasteiger partial charge in [-0.3, -0.25) is 9.59 Å². The van der Waals surface area contributed by atoms with E-state index in [9.17, 15) is 9.59 Å². The van der Waals surface area contributed by atoms with Gasteiger partial charge in [-0.25, -0.2) is 0 Å². The largest absolute Gasteiger partial charge is 0.348 e. The number of amides is 2. The van der Waals surface area contributed by atoms with Crippen LogP contribution in [0.2, 0.25) is 0 Å². The predicted molar refractivity (Wildman–Crippen MR) is 69.0 cm³/mol. The van der Waals surface area contributed by atoms with Crippen LogP contribution in [0.4, 0.5) is 0 Å². The number of hydrogen-bond acceptors (Lipinski definition) is 3. The van der Waals surface area contributed by atoms with Crippen LogP contribution in [-0.2, 0) is 9.59 Å². The molecule has 18 heavy (non-hydrogen) atoms. The minimum atomic E-state index is -0.427. The Morgan fingerprint density at radius 1 is 1.11 bits per heavy atom. The molecule has 1 aliphatic carbocycles. The fraction of sp³-hybridized carbons (Fsp3) is 0.846. The lowest BCUT2D eigenvalue weighted by Gasteiger charge is -2.19. The number of nitrogens with zero attached hydrogens (tertiary/aromatic N) is 1. The van der Waals surface area contributed by atoms with Gasteiger partial charge in [0, 0.05) is 26.2 Å². The van der Waals surface area contributed by atoms with Gasteiger partial charge < -0.3 is 15.5 Å². The van der Waals surface area contributed by atoms with Gasteiger partial charge in [0.05, 0.1) is 0 Å². The van der Waals surface area contributed by atoms with Gasteiger partial charge in [-0.1, -0.05) is 12.8 Å². The molecule has 1 saturated heterocycles. The molecule has 0 bridgehead atoms. The first-order valence-corrected chi connectivity index (χ1v) is 7.05. The first-order chi connectivity index (χ1) is 8.77. The van der Waals surface area contributed by atoms with Crippen molar-refractivity contribution in [1.29, 1.82) is 0 Å². The fourth-order valence-corrected chi connectivity index (χ4v) is 2.72. The van der Waals surface area contributed by atoms with Crippen molar-refractivity contribution in [3.8, 4) is 0 Å². The molecule has 5 heteroatoms. The number of rotatable bonds is 2. The zero-order valence-corrected chi connectivity index (χ0v) is 10.9. The van der Waals surface area contributed by atoms with Gasteiger partial charge in [0.15, 0.2) is 0 Å². The summed E-state index contributed by atoms with van der Waals surface area (Å²) in [4.78, 5) is 25.4. The van der Waals surface area contributed by atoms with E-state index in [0.29, 0.717) is 25.6 Å². The van der Waals surface area contributed by atoms with Crippen molar-refractivity contribution in [2.24, 2.45) is 5.92 Å². The lowest BCUT2D eigenvalue weighted by atomic mass is 10.1. The summed E-state index contributed by atoms with van der Waals surface area (Å²) in [5.74, 6) is -0.215. The van der Waals surface area contributed by atoms with Crippen molar-refractivity contribution in [3.63, 3.8) is 0 Å². The van der Waals surface area contributed by atoms with Crippen molar-refractivity contribution in [3.05, 3.63) is 0 Å². The average molecular weight is 253 g/mol. The van der Waals surface area contributed by atoms with Crippen molar-refractivity contribution < 1.29 is 9.59 Å². The Balaban J connectivity index is 1.74. The zero-order valence-electron chi connectivity index (χ0n) is 10.9. The smallest absolute Gasteiger partial charge is 0.311 e. The highest BCUT2D eigenvalue weighted by Crippen LogP contribution is 2.23. The van der Waals surface area contributed by atoms with E-state index in [2.05, 4.69) is 10.6 Å². The molecule has 0 atom stereocenters. The molecule has 1 heterocycles. The molecule has 1 aliphatic heterocycles. The van der Waals surface area contributed by atoms with E-state index >= 15 is 0 Å². The average Bonchev–Trinajstić information content (AvgIpc) is 2.75. The van der Waals surface area contributed by atoms with Gasteiger partial charge in [-0.2, -0.15) is 0 Å². The molecule has 2 amide bonds. The first-order valence-electron chi connectivity index (χ1n) is 7.05. The van der Waals surface area contributed by atoms with Crippen molar-refractivity contribution in [2.75, 3.05) is 32.7 Å². The summed E-state index contributed by atoms with van der Waals surface area (Å²) in [5, 5.41) is 6.01. The van der Waals surface area contributed by atoms with Gasteiger partial charge in [0.1, 0.15) is 0 Å². The number of carbonyl (C=O) groups is 2. The van der Waals surface area contributed by atoms with Gasteiger partial charge in [0.2, 0.25) is 0 Å². The SMILES string of the molecule is O=C(NCC1CCCC1)C(=O)N1CCCNCC1. The Morgan fingerprint density at radius 2 is 1.89 bits per heavy atom. The van der Waals surface area contributed by atoms with Gasteiger partial charge in [-0.05, 0) is 31.7 Å². The second kappa shape index (κ2) is 6.73. The molecule has 0 unspecified atom stereocenters. The monoisotopic (exact) mass is 253 g/mol. The Hall–Kier alpha value is -1.10. The molecule has 5 nitrogen and oxygen atoms in total. The Bertz CT molecular complexity index is 293. The van der Waals surface area contributed by atoms with E-state index in [1.807, 2.05) is 0 Å². The summed E-state index contributed by atoms with van der Waals surface area (Å²) in [6.07, 6.45) is 5.80. The van der Waals surface area contributed by atoms with Crippen molar-refractivity contribution in [1.82, 2.24) is 15.5 Å². The van der Waals surface area contributed by atoms with Crippen LogP contribution in [0.15, 0.2) is 0 Å². The molecule has 1 saturated carbocycles. The quantitative estimate of drug-likeness (QED) is 0.687. The number of carbonyl (C=O) groups excluding carboxylic acids is 2. The van der Waals surface area contributed by atoms with E-state index in [0.717, 1.165) is 19.5 Å². The standard InChI is InChI=1S/C13H23N3O2/c17-12(15-10-11-4-1-2-5-11)13(18)16-8-3-6-14-7-9-16/h11,14H,1-10H2,(H,15,17). The van der Waals surface area contributed by atoms with E-state index in [-0.39, 0.29) is 5.91 Å². The fourth-order valence-electron chi connectivity index (χ4n) is 2.72. The molecule has 0 aromatic carbocycles.